The van der Waals surface area contributed by atoms with E-state index < -0.39 is 5.60 Å². The number of ether oxygens (including phenoxy) is 3. The number of nitrogen functional groups attached to an aromatic ring is 1. The highest BCUT2D eigenvalue weighted by atomic mass is 16.6. The maximum absolute atomic E-state index is 13.0. The maximum Gasteiger partial charge on any atom is 0.410 e. The molecule has 4 rings (SSSR count). The number of hydrogen-bond donors (Lipinski definition) is 1. The third-order valence-corrected chi connectivity index (χ3v) is 5.31. The molecule has 3 heterocycles. The van der Waals surface area contributed by atoms with Crippen LogP contribution in [0.3, 0.4) is 0 Å². The number of hydrogen-bond acceptors (Lipinski definition) is 8. The molecule has 2 atom stereocenters. The highest BCUT2D eigenvalue weighted by Crippen LogP contribution is 2.38. The lowest BCUT2D eigenvalue weighted by atomic mass is 10.1. The molecule has 9 heteroatoms. The van der Waals surface area contributed by atoms with Gasteiger partial charge in [0.15, 0.2) is 0 Å². The largest absolute Gasteiger partial charge is 0.472 e. The summed E-state index contributed by atoms with van der Waals surface area (Å²) in [6.45, 7) is 8.65. The van der Waals surface area contributed by atoms with Gasteiger partial charge in [-0.3, -0.25) is 4.90 Å². The normalized spacial score (nSPS) is 24.8. The Labute approximate surface area is 165 Å². The number of nitrogens with two attached hydrogens (primary N) is 1. The molecule has 1 saturated heterocycles. The molecular formula is C19H29N5O4. The van der Waals surface area contributed by atoms with E-state index in [4.69, 9.17) is 19.9 Å². The van der Waals surface area contributed by atoms with Crippen molar-refractivity contribution in [3.8, 4) is 5.88 Å². The average molecular weight is 391 g/mol. The van der Waals surface area contributed by atoms with Crippen LogP contribution in [-0.2, 0) is 16.0 Å². The number of morpholine rings is 1. The third kappa shape index (κ3) is 3.80. The lowest BCUT2D eigenvalue weighted by Crippen LogP contribution is -2.46. The van der Waals surface area contributed by atoms with Crippen molar-refractivity contribution >= 4 is 17.9 Å². The zero-order chi connectivity index (χ0) is 19.9. The van der Waals surface area contributed by atoms with Crippen molar-refractivity contribution in [2.45, 2.75) is 64.3 Å². The molecule has 2 fully saturated rings. The highest BCUT2D eigenvalue weighted by molar-refractivity contribution is 5.70. The van der Waals surface area contributed by atoms with Crippen molar-refractivity contribution in [2.24, 2.45) is 0 Å². The standard InChI is InChI=1S/C19H29N5O4/c1-19(2,3)28-18(25)24-11-12-15(23-7-9-26-10-8-23)21-17(20)22-16(12)27-14-6-4-5-13(14)24/h13-14H,4-11H2,1-3H3,(H2,20,21,22)/t13-,14-/m0/s1. The second-order valence-electron chi connectivity index (χ2n) is 8.55. The van der Waals surface area contributed by atoms with Gasteiger partial charge in [-0.15, -0.1) is 0 Å². The number of carbonyl (C=O) groups is 1. The predicted octanol–water partition coefficient (Wildman–Crippen LogP) is 1.95. The molecule has 1 aromatic heterocycles. The van der Waals surface area contributed by atoms with E-state index in [-0.39, 0.29) is 24.2 Å². The van der Waals surface area contributed by atoms with Crippen molar-refractivity contribution in [1.29, 1.82) is 0 Å². The van der Waals surface area contributed by atoms with Gasteiger partial charge in [-0.05, 0) is 40.0 Å². The van der Waals surface area contributed by atoms with E-state index in [0.717, 1.165) is 30.6 Å². The van der Waals surface area contributed by atoms with E-state index in [0.29, 0.717) is 38.7 Å². The Balaban J connectivity index is 1.72. The van der Waals surface area contributed by atoms with Gasteiger partial charge in [0, 0.05) is 13.1 Å². The molecule has 1 amide bonds. The quantitative estimate of drug-likeness (QED) is 0.775. The lowest BCUT2D eigenvalue weighted by molar-refractivity contribution is 0.00553. The van der Waals surface area contributed by atoms with Crippen molar-refractivity contribution in [3.63, 3.8) is 0 Å². The van der Waals surface area contributed by atoms with Gasteiger partial charge in [0.05, 0.1) is 31.4 Å². The van der Waals surface area contributed by atoms with E-state index in [2.05, 4.69) is 14.9 Å². The van der Waals surface area contributed by atoms with Gasteiger partial charge in [-0.1, -0.05) is 0 Å². The molecule has 2 N–H and O–H groups in total. The fourth-order valence-electron chi connectivity index (χ4n) is 4.09. The number of carbonyl (C=O) groups excluding carboxylic acids is 1. The Morgan fingerprint density at radius 3 is 2.68 bits per heavy atom. The number of amides is 1. The molecule has 1 saturated carbocycles. The Hall–Kier alpha value is -2.29. The van der Waals surface area contributed by atoms with Crippen LogP contribution in [0.4, 0.5) is 16.6 Å². The molecule has 3 aliphatic rings. The van der Waals surface area contributed by atoms with E-state index >= 15 is 0 Å². The highest BCUT2D eigenvalue weighted by Gasteiger charge is 2.42. The second kappa shape index (κ2) is 7.27. The first-order valence-corrected chi connectivity index (χ1v) is 9.97. The molecule has 0 radical (unpaired) electrons. The fourth-order valence-corrected chi connectivity index (χ4v) is 4.09. The smallest absolute Gasteiger partial charge is 0.410 e. The molecule has 1 aromatic rings. The molecule has 0 bridgehead atoms. The van der Waals surface area contributed by atoms with Crippen molar-refractivity contribution in [2.75, 3.05) is 36.9 Å². The summed E-state index contributed by atoms with van der Waals surface area (Å²) in [4.78, 5) is 25.8. The summed E-state index contributed by atoms with van der Waals surface area (Å²) in [5.74, 6) is 1.39. The Bertz CT molecular complexity index is 745. The van der Waals surface area contributed by atoms with E-state index in [1.807, 2.05) is 20.8 Å². The molecule has 28 heavy (non-hydrogen) atoms. The van der Waals surface area contributed by atoms with E-state index in [9.17, 15) is 4.79 Å². The summed E-state index contributed by atoms with van der Waals surface area (Å²) >= 11 is 0. The number of nitrogens with zero attached hydrogens (tertiary/aromatic N) is 4. The molecule has 0 spiro atoms. The topological polar surface area (TPSA) is 103 Å². The van der Waals surface area contributed by atoms with Crippen LogP contribution in [-0.4, -0.2) is 65.0 Å². The van der Waals surface area contributed by atoms with Crippen LogP contribution in [0.2, 0.25) is 0 Å². The van der Waals surface area contributed by atoms with Crippen LogP contribution in [0, 0.1) is 0 Å². The molecular weight excluding hydrogens is 362 g/mol. The number of rotatable bonds is 1. The Morgan fingerprint density at radius 2 is 1.96 bits per heavy atom. The van der Waals surface area contributed by atoms with Crippen LogP contribution in [0.15, 0.2) is 0 Å². The number of anilines is 2. The maximum atomic E-state index is 13.0. The first kappa shape index (κ1) is 19.0. The molecule has 9 nitrogen and oxygen atoms in total. The van der Waals surface area contributed by atoms with E-state index in [1.165, 1.54) is 0 Å². The Kier molecular flexibility index (Phi) is 4.95. The molecule has 154 valence electrons. The minimum absolute atomic E-state index is 0.0391. The third-order valence-electron chi connectivity index (χ3n) is 5.31. The first-order valence-electron chi connectivity index (χ1n) is 9.97. The van der Waals surface area contributed by atoms with Gasteiger partial charge in [0.25, 0.3) is 0 Å². The van der Waals surface area contributed by atoms with Gasteiger partial charge >= 0.3 is 6.09 Å². The van der Waals surface area contributed by atoms with E-state index in [1.54, 1.807) is 4.90 Å². The molecule has 1 aliphatic carbocycles. The zero-order valence-corrected chi connectivity index (χ0v) is 16.8. The van der Waals surface area contributed by atoms with Crippen LogP contribution < -0.4 is 15.4 Å². The van der Waals surface area contributed by atoms with Crippen molar-refractivity contribution < 1.29 is 19.0 Å². The van der Waals surface area contributed by atoms with Crippen molar-refractivity contribution in [1.82, 2.24) is 14.9 Å². The average Bonchev–Trinajstić information content (AvgIpc) is 3.01. The second-order valence-corrected chi connectivity index (χ2v) is 8.55. The fraction of sp³-hybridized carbons (Fsp3) is 0.737. The summed E-state index contributed by atoms with van der Waals surface area (Å²) in [5.41, 5.74) is 6.21. The summed E-state index contributed by atoms with van der Waals surface area (Å²) in [6, 6.07) is -0.0391. The van der Waals surface area contributed by atoms with Crippen molar-refractivity contribution in [3.05, 3.63) is 5.56 Å². The Morgan fingerprint density at radius 1 is 1.21 bits per heavy atom. The van der Waals surface area contributed by atoms with Gasteiger partial charge in [-0.2, -0.15) is 9.97 Å². The SMILES string of the molecule is CC(C)(C)OC(=O)N1Cc2c(nc(N)nc2N2CCOCC2)O[C@H]2CCC[C@@H]21. The van der Waals surface area contributed by atoms with Crippen LogP contribution >= 0.6 is 0 Å². The monoisotopic (exact) mass is 391 g/mol. The van der Waals surface area contributed by atoms with Crippen LogP contribution in [0.5, 0.6) is 5.88 Å². The minimum atomic E-state index is -0.564. The summed E-state index contributed by atoms with van der Waals surface area (Å²) in [5, 5.41) is 0. The predicted molar refractivity (Wildman–Crippen MR) is 103 cm³/mol. The van der Waals surface area contributed by atoms with Gasteiger partial charge in [-0.25, -0.2) is 4.79 Å². The van der Waals surface area contributed by atoms with Crippen LogP contribution in [0.25, 0.3) is 0 Å². The van der Waals surface area contributed by atoms with Gasteiger partial charge < -0.3 is 24.8 Å². The number of aromatic nitrogens is 2. The lowest BCUT2D eigenvalue weighted by Gasteiger charge is -2.33. The molecule has 0 aromatic carbocycles. The minimum Gasteiger partial charge on any atom is -0.472 e. The van der Waals surface area contributed by atoms with Crippen LogP contribution in [0.1, 0.15) is 45.6 Å². The molecule has 0 unspecified atom stereocenters. The summed E-state index contributed by atoms with van der Waals surface area (Å²) < 4.78 is 17.4. The summed E-state index contributed by atoms with van der Waals surface area (Å²) in [6.07, 6.45) is 2.32. The molecule has 2 aliphatic heterocycles. The van der Waals surface area contributed by atoms with Gasteiger partial charge in [0.1, 0.15) is 17.5 Å². The zero-order valence-electron chi connectivity index (χ0n) is 16.8. The first-order chi connectivity index (χ1) is 13.3. The number of fused-ring (bicyclic) bond motifs is 2. The van der Waals surface area contributed by atoms with Gasteiger partial charge in [0.2, 0.25) is 11.8 Å². The summed E-state index contributed by atoms with van der Waals surface area (Å²) in [7, 11) is 0.